The number of piperidine rings is 1. The molecule has 1 aliphatic heterocycles. The average Bonchev–Trinajstić information content (AvgIpc) is 2.53. The molecule has 1 aromatic rings. The van der Waals surface area contributed by atoms with Crippen LogP contribution in [0.25, 0.3) is 0 Å². The Hall–Kier alpha value is -1.88. The van der Waals surface area contributed by atoms with Crippen LogP contribution >= 0.6 is 0 Å². The summed E-state index contributed by atoms with van der Waals surface area (Å²) in [6.45, 7) is 2.80. The molecule has 0 spiro atoms. The zero-order valence-corrected chi connectivity index (χ0v) is 12.5. The minimum atomic E-state index is -0.237. The van der Waals surface area contributed by atoms with Gasteiger partial charge < -0.3 is 15.5 Å². The Kier molecular flexibility index (Phi) is 5.33. The number of nitrogens with two attached hydrogens (primary N) is 1. The van der Waals surface area contributed by atoms with Crippen molar-refractivity contribution in [1.82, 2.24) is 4.90 Å². The van der Waals surface area contributed by atoms with Crippen LogP contribution in [0.4, 0.5) is 5.69 Å². The Morgan fingerprint density at radius 1 is 1.29 bits per heavy atom. The summed E-state index contributed by atoms with van der Waals surface area (Å²) in [7, 11) is 0. The lowest BCUT2D eigenvalue weighted by atomic mass is 10.0. The van der Waals surface area contributed by atoms with Crippen LogP contribution in [0.3, 0.4) is 0 Å². The van der Waals surface area contributed by atoms with E-state index in [1.807, 2.05) is 35.2 Å². The second-order valence-corrected chi connectivity index (χ2v) is 5.45. The van der Waals surface area contributed by atoms with E-state index in [4.69, 9.17) is 5.73 Å². The maximum atomic E-state index is 12.5. The van der Waals surface area contributed by atoms with Crippen LogP contribution in [0.1, 0.15) is 26.2 Å². The summed E-state index contributed by atoms with van der Waals surface area (Å²) in [5.74, 6) is -0.243. The van der Waals surface area contributed by atoms with Gasteiger partial charge in [-0.05, 0) is 38.3 Å². The molecule has 1 aliphatic rings. The summed E-state index contributed by atoms with van der Waals surface area (Å²) in [5, 5.41) is 0. The van der Waals surface area contributed by atoms with Gasteiger partial charge >= 0.3 is 0 Å². The van der Waals surface area contributed by atoms with Crippen LogP contribution in [-0.2, 0) is 9.59 Å². The van der Waals surface area contributed by atoms with E-state index >= 15 is 0 Å². The zero-order chi connectivity index (χ0) is 15.2. The highest BCUT2D eigenvalue weighted by atomic mass is 16.2. The van der Waals surface area contributed by atoms with Crippen LogP contribution in [0.2, 0.25) is 0 Å². The van der Waals surface area contributed by atoms with E-state index in [1.54, 1.807) is 0 Å². The number of anilines is 1. The summed E-state index contributed by atoms with van der Waals surface area (Å²) >= 11 is 0. The van der Waals surface area contributed by atoms with Gasteiger partial charge in [0.05, 0.1) is 6.54 Å². The molecule has 1 atom stereocenters. The number of likely N-dealkylation sites (tertiary alicyclic amines) is 1. The number of hydrogen-bond donors (Lipinski definition) is 1. The van der Waals surface area contributed by atoms with Crippen molar-refractivity contribution in [1.29, 1.82) is 0 Å². The molecule has 2 amide bonds. The van der Waals surface area contributed by atoms with E-state index in [2.05, 4.69) is 6.92 Å². The molecule has 21 heavy (non-hydrogen) atoms. The fourth-order valence-corrected chi connectivity index (χ4v) is 2.74. The minimum Gasteiger partial charge on any atom is -0.338 e. The van der Waals surface area contributed by atoms with E-state index in [-0.39, 0.29) is 30.9 Å². The van der Waals surface area contributed by atoms with Gasteiger partial charge in [0.15, 0.2) is 0 Å². The van der Waals surface area contributed by atoms with E-state index < -0.39 is 0 Å². The molecule has 2 rings (SSSR count). The average molecular weight is 289 g/mol. The van der Waals surface area contributed by atoms with E-state index in [9.17, 15) is 9.59 Å². The van der Waals surface area contributed by atoms with Gasteiger partial charge in [-0.15, -0.1) is 0 Å². The Balaban J connectivity index is 2.11. The van der Waals surface area contributed by atoms with Crippen molar-refractivity contribution in [2.75, 3.05) is 24.5 Å². The SMILES string of the molecule is CC1CCCCN1C(=O)CN(C(=O)CN)c1ccccc1. The quantitative estimate of drug-likeness (QED) is 0.910. The van der Waals surface area contributed by atoms with Crippen molar-refractivity contribution in [2.24, 2.45) is 5.73 Å². The third-order valence-corrected chi connectivity index (χ3v) is 3.96. The maximum absolute atomic E-state index is 12.5. The van der Waals surface area contributed by atoms with Crippen molar-refractivity contribution in [3.05, 3.63) is 30.3 Å². The molecule has 0 aromatic heterocycles. The lowest BCUT2D eigenvalue weighted by molar-refractivity contribution is -0.134. The lowest BCUT2D eigenvalue weighted by Gasteiger charge is -2.35. The van der Waals surface area contributed by atoms with Crippen molar-refractivity contribution in [3.8, 4) is 0 Å². The van der Waals surface area contributed by atoms with Crippen LogP contribution < -0.4 is 10.6 Å². The van der Waals surface area contributed by atoms with Gasteiger partial charge in [0.25, 0.3) is 0 Å². The zero-order valence-electron chi connectivity index (χ0n) is 12.5. The Labute approximate surface area is 125 Å². The first-order valence-corrected chi connectivity index (χ1v) is 7.48. The maximum Gasteiger partial charge on any atom is 0.242 e. The van der Waals surface area contributed by atoms with Crippen LogP contribution in [-0.4, -0.2) is 42.4 Å². The molecule has 5 nitrogen and oxygen atoms in total. The summed E-state index contributed by atoms with van der Waals surface area (Å²) < 4.78 is 0. The summed E-state index contributed by atoms with van der Waals surface area (Å²) in [5.41, 5.74) is 6.19. The Morgan fingerprint density at radius 3 is 2.62 bits per heavy atom. The van der Waals surface area contributed by atoms with Gasteiger partial charge in [-0.3, -0.25) is 9.59 Å². The summed E-state index contributed by atoms with van der Waals surface area (Å²) in [6.07, 6.45) is 3.23. The topological polar surface area (TPSA) is 66.6 Å². The molecule has 0 bridgehead atoms. The van der Waals surface area contributed by atoms with Crippen molar-refractivity contribution in [3.63, 3.8) is 0 Å². The molecule has 0 radical (unpaired) electrons. The largest absolute Gasteiger partial charge is 0.338 e. The number of carbonyl (C=O) groups is 2. The van der Waals surface area contributed by atoms with Crippen molar-refractivity contribution in [2.45, 2.75) is 32.2 Å². The highest BCUT2D eigenvalue weighted by molar-refractivity contribution is 5.99. The highest BCUT2D eigenvalue weighted by Gasteiger charge is 2.26. The molecule has 5 heteroatoms. The number of carbonyl (C=O) groups excluding carboxylic acids is 2. The third kappa shape index (κ3) is 3.82. The predicted octanol–water partition coefficient (Wildman–Crippen LogP) is 1.38. The molecule has 1 saturated heterocycles. The van der Waals surface area contributed by atoms with Crippen molar-refractivity contribution >= 4 is 17.5 Å². The fourth-order valence-electron chi connectivity index (χ4n) is 2.74. The first kappa shape index (κ1) is 15.5. The number of hydrogen-bond acceptors (Lipinski definition) is 3. The Bertz CT molecular complexity index is 490. The second-order valence-electron chi connectivity index (χ2n) is 5.45. The second kappa shape index (κ2) is 7.22. The monoisotopic (exact) mass is 289 g/mol. The molecule has 114 valence electrons. The molecule has 0 saturated carbocycles. The van der Waals surface area contributed by atoms with Gasteiger partial charge in [-0.1, -0.05) is 18.2 Å². The standard InChI is InChI=1S/C16H23N3O2/c1-13-7-5-6-10-18(13)16(21)12-19(15(20)11-17)14-8-3-2-4-9-14/h2-4,8-9,13H,5-7,10-12,17H2,1H3. The smallest absolute Gasteiger partial charge is 0.242 e. The number of benzene rings is 1. The lowest BCUT2D eigenvalue weighted by Crippen LogP contribution is -2.49. The highest BCUT2D eigenvalue weighted by Crippen LogP contribution is 2.18. The molecule has 1 fully saturated rings. The third-order valence-electron chi connectivity index (χ3n) is 3.96. The van der Waals surface area contributed by atoms with Gasteiger partial charge in [0.2, 0.25) is 11.8 Å². The van der Waals surface area contributed by atoms with Crippen LogP contribution in [0.5, 0.6) is 0 Å². The Morgan fingerprint density at radius 2 is 2.00 bits per heavy atom. The van der Waals surface area contributed by atoms with Gasteiger partial charge in [0, 0.05) is 18.3 Å². The van der Waals surface area contributed by atoms with Gasteiger partial charge in [-0.2, -0.15) is 0 Å². The molecular weight excluding hydrogens is 266 g/mol. The molecule has 2 N–H and O–H groups in total. The van der Waals surface area contributed by atoms with Crippen molar-refractivity contribution < 1.29 is 9.59 Å². The van der Waals surface area contributed by atoms with E-state index in [0.29, 0.717) is 5.69 Å². The van der Waals surface area contributed by atoms with Crippen LogP contribution in [0, 0.1) is 0 Å². The van der Waals surface area contributed by atoms with Gasteiger partial charge in [0.1, 0.15) is 6.54 Å². The summed E-state index contributed by atoms with van der Waals surface area (Å²) in [6, 6.07) is 9.46. The first-order chi connectivity index (χ1) is 10.1. The van der Waals surface area contributed by atoms with E-state index in [1.165, 1.54) is 4.90 Å². The molecule has 1 aromatic carbocycles. The molecule has 1 heterocycles. The number of rotatable bonds is 4. The van der Waals surface area contributed by atoms with Gasteiger partial charge in [-0.25, -0.2) is 0 Å². The number of nitrogens with zero attached hydrogens (tertiary/aromatic N) is 2. The number of amides is 2. The minimum absolute atomic E-state index is 0.00662. The normalized spacial score (nSPS) is 18.4. The molecule has 1 unspecified atom stereocenters. The fraction of sp³-hybridized carbons (Fsp3) is 0.500. The molecular formula is C16H23N3O2. The number of para-hydroxylation sites is 1. The first-order valence-electron chi connectivity index (χ1n) is 7.48. The van der Waals surface area contributed by atoms with E-state index in [0.717, 1.165) is 25.8 Å². The van der Waals surface area contributed by atoms with Crippen LogP contribution in [0.15, 0.2) is 30.3 Å². The predicted molar refractivity (Wildman–Crippen MR) is 82.9 cm³/mol. The molecule has 0 aliphatic carbocycles. The summed E-state index contributed by atoms with van der Waals surface area (Å²) in [4.78, 5) is 27.9.